The molecule has 1 aliphatic heterocycles. The zero-order chi connectivity index (χ0) is 18.8. The van der Waals surface area contributed by atoms with Gasteiger partial charge in [-0.1, -0.05) is 36.4 Å². The highest BCUT2D eigenvalue weighted by atomic mass is 16.2. The molecule has 0 aliphatic carbocycles. The van der Waals surface area contributed by atoms with Crippen LogP contribution < -0.4 is 5.01 Å². The van der Waals surface area contributed by atoms with Crippen LogP contribution in [0.3, 0.4) is 0 Å². The molecule has 0 spiro atoms. The van der Waals surface area contributed by atoms with Gasteiger partial charge in [-0.2, -0.15) is 15.2 Å². The van der Waals surface area contributed by atoms with Crippen molar-refractivity contribution in [2.45, 2.75) is 13.3 Å². The predicted molar refractivity (Wildman–Crippen MR) is 101 cm³/mol. The first kappa shape index (κ1) is 16.8. The van der Waals surface area contributed by atoms with E-state index in [1.54, 1.807) is 19.1 Å². The third-order valence-corrected chi connectivity index (χ3v) is 4.45. The summed E-state index contributed by atoms with van der Waals surface area (Å²) in [5.74, 6) is -0.696. The summed E-state index contributed by atoms with van der Waals surface area (Å²) in [6.07, 6.45) is 1.58. The van der Waals surface area contributed by atoms with Crippen molar-refractivity contribution in [1.29, 1.82) is 0 Å². The number of Topliss-reactive ketones (excluding diaryl/α,β-unsaturated/α-hetero) is 1. The molecule has 27 heavy (non-hydrogen) atoms. The summed E-state index contributed by atoms with van der Waals surface area (Å²) in [6, 6.07) is 16.6. The van der Waals surface area contributed by atoms with Gasteiger partial charge < -0.3 is 0 Å². The molecular weight excluding hydrogens is 342 g/mol. The Labute approximate surface area is 155 Å². The minimum Gasteiger partial charge on any atom is -0.298 e. The molecule has 2 aromatic carbocycles. The van der Waals surface area contributed by atoms with Crippen LogP contribution in [0, 0.1) is 5.92 Å². The second-order valence-corrected chi connectivity index (χ2v) is 6.34. The Morgan fingerprint density at radius 3 is 2.70 bits per heavy atom. The number of para-hydroxylation sites is 1. The summed E-state index contributed by atoms with van der Waals surface area (Å²) in [7, 11) is 0. The smallest absolute Gasteiger partial charge is 0.263 e. The Bertz CT molecular complexity index is 1010. The molecule has 2 heterocycles. The number of anilines is 1. The van der Waals surface area contributed by atoms with Gasteiger partial charge in [0, 0.05) is 12.0 Å². The highest BCUT2D eigenvalue weighted by Crippen LogP contribution is 2.25. The summed E-state index contributed by atoms with van der Waals surface area (Å²) >= 11 is 0. The minimum atomic E-state index is -0.848. The lowest BCUT2D eigenvalue weighted by Gasteiger charge is -2.14. The molecule has 1 aromatic heterocycles. The van der Waals surface area contributed by atoms with Gasteiger partial charge in [0.2, 0.25) is 0 Å². The van der Waals surface area contributed by atoms with Crippen molar-refractivity contribution in [3.05, 3.63) is 66.5 Å². The van der Waals surface area contributed by atoms with Crippen LogP contribution in [0.4, 0.5) is 5.69 Å². The number of nitrogens with zero attached hydrogens (tertiary/aromatic N) is 4. The van der Waals surface area contributed by atoms with Crippen LogP contribution in [0.5, 0.6) is 0 Å². The zero-order valence-corrected chi connectivity index (χ0v) is 14.7. The maximum absolute atomic E-state index is 12.8. The topological polar surface area (TPSA) is 91.3 Å². The molecule has 0 fully saturated rings. The number of benzene rings is 2. The maximum atomic E-state index is 12.8. The molecule has 1 N–H and O–H groups in total. The van der Waals surface area contributed by atoms with Crippen LogP contribution in [0.1, 0.15) is 12.5 Å². The highest BCUT2D eigenvalue weighted by molar-refractivity contribution is 6.27. The normalized spacial score (nSPS) is 16.5. The number of H-pyrrole nitrogens is 1. The fourth-order valence-corrected chi connectivity index (χ4v) is 3.17. The molecule has 0 bridgehead atoms. The van der Waals surface area contributed by atoms with Crippen LogP contribution >= 0.6 is 0 Å². The second-order valence-electron chi connectivity index (χ2n) is 6.34. The Kier molecular flexibility index (Phi) is 4.33. The number of aromatic nitrogens is 3. The van der Waals surface area contributed by atoms with Crippen molar-refractivity contribution < 1.29 is 9.59 Å². The molecule has 134 valence electrons. The predicted octanol–water partition coefficient (Wildman–Crippen LogP) is 2.62. The first-order valence-corrected chi connectivity index (χ1v) is 8.55. The van der Waals surface area contributed by atoms with E-state index in [-0.39, 0.29) is 18.1 Å². The van der Waals surface area contributed by atoms with Crippen LogP contribution in [-0.2, 0) is 16.0 Å². The van der Waals surface area contributed by atoms with Gasteiger partial charge >= 0.3 is 0 Å². The summed E-state index contributed by atoms with van der Waals surface area (Å²) in [5.41, 5.74) is 2.82. The van der Waals surface area contributed by atoms with E-state index in [1.807, 2.05) is 42.5 Å². The van der Waals surface area contributed by atoms with Gasteiger partial charge in [0.1, 0.15) is 12.2 Å². The fraction of sp³-hybridized carbons (Fsp3) is 0.150. The highest BCUT2D eigenvalue weighted by Gasteiger charge is 2.39. The Hall–Kier alpha value is -3.61. The van der Waals surface area contributed by atoms with Crippen LogP contribution in [-0.4, -0.2) is 32.6 Å². The first-order valence-electron chi connectivity index (χ1n) is 8.55. The van der Waals surface area contributed by atoms with Crippen LogP contribution in [0.15, 0.2) is 66.0 Å². The standard InChI is InChI=1S/C20H17N5O2/c1-13-18(20(27)25(24-13)16-8-3-2-4-9-16)17(26)11-14-6-5-7-15(10-14)19-21-12-22-23-19/h2-10,12,18H,11H2,1H3,(H,21,22,23). The van der Waals surface area contributed by atoms with Crippen molar-refractivity contribution in [3.63, 3.8) is 0 Å². The maximum Gasteiger partial charge on any atom is 0.263 e. The van der Waals surface area contributed by atoms with Gasteiger partial charge in [-0.05, 0) is 30.7 Å². The lowest BCUT2D eigenvalue weighted by molar-refractivity contribution is -0.128. The van der Waals surface area contributed by atoms with E-state index in [0.717, 1.165) is 11.1 Å². The summed E-state index contributed by atoms with van der Waals surface area (Å²) in [4.78, 5) is 29.7. The van der Waals surface area contributed by atoms with E-state index in [1.165, 1.54) is 11.3 Å². The lowest BCUT2D eigenvalue weighted by Crippen LogP contribution is -2.33. The molecule has 3 aromatic rings. The van der Waals surface area contributed by atoms with Crippen LogP contribution in [0.25, 0.3) is 11.4 Å². The molecule has 1 atom stereocenters. The Morgan fingerprint density at radius 2 is 1.96 bits per heavy atom. The summed E-state index contributed by atoms with van der Waals surface area (Å²) in [5, 5.41) is 12.2. The molecular formula is C20H17N5O2. The molecule has 7 heteroatoms. The number of hydrogen-bond acceptors (Lipinski definition) is 5. The average Bonchev–Trinajstić information content (AvgIpc) is 3.31. The number of hydrogen-bond donors (Lipinski definition) is 1. The fourth-order valence-electron chi connectivity index (χ4n) is 3.17. The van der Waals surface area contributed by atoms with Gasteiger partial charge in [-0.25, -0.2) is 4.98 Å². The molecule has 4 rings (SSSR count). The van der Waals surface area contributed by atoms with Crippen molar-refractivity contribution in [2.24, 2.45) is 11.0 Å². The number of carbonyl (C=O) groups is 2. The summed E-state index contributed by atoms with van der Waals surface area (Å²) < 4.78 is 0. The van der Waals surface area contributed by atoms with Crippen molar-refractivity contribution in [1.82, 2.24) is 15.2 Å². The Morgan fingerprint density at radius 1 is 1.15 bits per heavy atom. The van der Waals surface area contributed by atoms with Gasteiger partial charge in [0.05, 0.1) is 11.4 Å². The van der Waals surface area contributed by atoms with E-state index in [2.05, 4.69) is 20.3 Å². The van der Waals surface area contributed by atoms with E-state index in [9.17, 15) is 9.59 Å². The average molecular weight is 359 g/mol. The Balaban J connectivity index is 1.53. The van der Waals surface area contributed by atoms with Crippen molar-refractivity contribution in [2.75, 3.05) is 5.01 Å². The van der Waals surface area contributed by atoms with Gasteiger partial charge in [0.25, 0.3) is 5.91 Å². The van der Waals surface area contributed by atoms with Gasteiger partial charge in [0.15, 0.2) is 11.6 Å². The number of amides is 1. The number of rotatable bonds is 5. The van der Waals surface area contributed by atoms with Gasteiger partial charge in [-0.15, -0.1) is 0 Å². The second kappa shape index (κ2) is 6.95. The number of aromatic amines is 1. The lowest BCUT2D eigenvalue weighted by atomic mass is 9.93. The summed E-state index contributed by atoms with van der Waals surface area (Å²) in [6.45, 7) is 1.72. The molecule has 1 unspecified atom stereocenters. The van der Waals surface area contributed by atoms with Crippen LogP contribution in [0.2, 0.25) is 0 Å². The molecule has 7 nitrogen and oxygen atoms in total. The van der Waals surface area contributed by atoms with E-state index in [4.69, 9.17) is 0 Å². The van der Waals surface area contributed by atoms with E-state index >= 15 is 0 Å². The quantitative estimate of drug-likeness (QED) is 0.709. The van der Waals surface area contributed by atoms with E-state index in [0.29, 0.717) is 17.2 Å². The number of carbonyl (C=O) groups excluding carboxylic acids is 2. The number of nitrogens with one attached hydrogen (secondary N) is 1. The molecule has 0 saturated heterocycles. The zero-order valence-electron chi connectivity index (χ0n) is 14.7. The minimum absolute atomic E-state index is 0.147. The number of ketones is 1. The van der Waals surface area contributed by atoms with E-state index < -0.39 is 5.92 Å². The molecule has 1 amide bonds. The SMILES string of the molecule is CC1=NN(c2ccccc2)C(=O)C1C(=O)Cc1cccc(-c2ncn[nH]2)c1. The third kappa shape index (κ3) is 3.27. The van der Waals surface area contributed by atoms with Crippen molar-refractivity contribution >= 4 is 23.1 Å². The monoisotopic (exact) mass is 359 g/mol. The van der Waals surface area contributed by atoms with Crippen molar-refractivity contribution in [3.8, 4) is 11.4 Å². The molecule has 1 aliphatic rings. The largest absolute Gasteiger partial charge is 0.298 e. The third-order valence-electron chi connectivity index (χ3n) is 4.45. The number of hydrazone groups is 1. The molecule has 0 saturated carbocycles. The molecule has 0 radical (unpaired) electrons. The van der Waals surface area contributed by atoms with Gasteiger partial charge in [-0.3, -0.25) is 14.7 Å². The first-order chi connectivity index (χ1) is 13.1.